The van der Waals surface area contributed by atoms with Gasteiger partial charge in [-0.15, -0.1) is 0 Å². The molecule has 0 radical (unpaired) electrons. The van der Waals surface area contributed by atoms with Crippen LogP contribution >= 0.6 is 11.6 Å². The van der Waals surface area contributed by atoms with Crippen molar-refractivity contribution in [3.63, 3.8) is 0 Å². The standard InChI is InChI=1S/C17H16ClNO3/c1-21-14-8-9-15(16(11-14)22-2)19-17(20)10-5-12-3-6-13(18)7-4-12/h3-11H,1-2H3,(H,19,20). The lowest BCUT2D eigenvalue weighted by Gasteiger charge is -2.10. The van der Waals surface area contributed by atoms with Gasteiger partial charge in [0.2, 0.25) is 5.91 Å². The molecule has 0 bridgehead atoms. The monoisotopic (exact) mass is 317 g/mol. The van der Waals surface area contributed by atoms with Crippen LogP contribution < -0.4 is 14.8 Å². The summed E-state index contributed by atoms with van der Waals surface area (Å²) in [5.74, 6) is 0.942. The van der Waals surface area contributed by atoms with Crippen LogP contribution in [-0.4, -0.2) is 20.1 Å². The Hall–Kier alpha value is -2.46. The van der Waals surface area contributed by atoms with Crippen LogP contribution in [0.1, 0.15) is 5.56 Å². The highest BCUT2D eigenvalue weighted by molar-refractivity contribution is 6.30. The van der Waals surface area contributed by atoms with Crippen LogP contribution in [-0.2, 0) is 4.79 Å². The van der Waals surface area contributed by atoms with Gasteiger partial charge < -0.3 is 14.8 Å². The quantitative estimate of drug-likeness (QED) is 0.848. The molecule has 0 atom stereocenters. The molecule has 2 aromatic carbocycles. The second-order valence-corrected chi connectivity index (χ2v) is 4.88. The molecule has 0 aromatic heterocycles. The minimum atomic E-state index is -0.251. The van der Waals surface area contributed by atoms with Gasteiger partial charge in [-0.05, 0) is 35.9 Å². The summed E-state index contributed by atoms with van der Waals surface area (Å²) in [6.45, 7) is 0. The van der Waals surface area contributed by atoms with E-state index in [0.717, 1.165) is 5.56 Å². The van der Waals surface area contributed by atoms with Gasteiger partial charge in [0, 0.05) is 17.2 Å². The lowest BCUT2D eigenvalue weighted by atomic mass is 10.2. The van der Waals surface area contributed by atoms with E-state index in [2.05, 4.69) is 5.32 Å². The summed E-state index contributed by atoms with van der Waals surface area (Å²) in [4.78, 5) is 12.0. The summed E-state index contributed by atoms with van der Waals surface area (Å²) in [6, 6.07) is 12.4. The summed E-state index contributed by atoms with van der Waals surface area (Å²) in [5, 5.41) is 3.42. The Morgan fingerprint density at radius 1 is 1.09 bits per heavy atom. The molecule has 0 aliphatic rings. The molecule has 0 heterocycles. The summed E-state index contributed by atoms with van der Waals surface area (Å²) in [7, 11) is 3.11. The Balaban J connectivity index is 2.07. The minimum absolute atomic E-state index is 0.251. The molecule has 4 nitrogen and oxygen atoms in total. The topological polar surface area (TPSA) is 47.6 Å². The molecule has 0 fully saturated rings. The van der Waals surface area contributed by atoms with Crippen LogP contribution in [0.4, 0.5) is 5.69 Å². The van der Waals surface area contributed by atoms with E-state index in [1.807, 2.05) is 12.1 Å². The molecule has 22 heavy (non-hydrogen) atoms. The fourth-order valence-electron chi connectivity index (χ4n) is 1.82. The third-order valence-electron chi connectivity index (χ3n) is 2.96. The number of carbonyl (C=O) groups excluding carboxylic acids is 1. The molecule has 0 aliphatic heterocycles. The maximum absolute atomic E-state index is 12.0. The molecular weight excluding hydrogens is 302 g/mol. The number of halogens is 1. The third kappa shape index (κ3) is 4.27. The van der Waals surface area contributed by atoms with Gasteiger partial charge in [0.15, 0.2) is 0 Å². The van der Waals surface area contributed by atoms with E-state index in [-0.39, 0.29) is 5.91 Å². The number of rotatable bonds is 5. The second-order valence-electron chi connectivity index (χ2n) is 4.44. The van der Waals surface area contributed by atoms with Crippen LogP contribution in [0, 0.1) is 0 Å². The van der Waals surface area contributed by atoms with E-state index in [0.29, 0.717) is 22.2 Å². The van der Waals surface area contributed by atoms with Crippen LogP contribution in [0.5, 0.6) is 11.5 Å². The van der Waals surface area contributed by atoms with Crippen LogP contribution in [0.25, 0.3) is 6.08 Å². The predicted octanol–water partition coefficient (Wildman–Crippen LogP) is 4.01. The highest BCUT2D eigenvalue weighted by Gasteiger charge is 2.06. The molecule has 1 amide bonds. The number of hydrogen-bond acceptors (Lipinski definition) is 3. The average molecular weight is 318 g/mol. The average Bonchev–Trinajstić information content (AvgIpc) is 2.54. The van der Waals surface area contributed by atoms with Crippen molar-refractivity contribution < 1.29 is 14.3 Å². The zero-order chi connectivity index (χ0) is 15.9. The molecular formula is C17H16ClNO3. The highest BCUT2D eigenvalue weighted by atomic mass is 35.5. The summed E-state index contributed by atoms with van der Waals surface area (Å²) in [6.07, 6.45) is 3.16. The number of nitrogens with one attached hydrogen (secondary N) is 1. The lowest BCUT2D eigenvalue weighted by molar-refractivity contribution is -0.111. The first kappa shape index (κ1) is 15.9. The summed E-state index contributed by atoms with van der Waals surface area (Å²) in [5.41, 5.74) is 1.47. The Labute approximate surface area is 134 Å². The van der Waals surface area contributed by atoms with Crippen molar-refractivity contribution in [2.75, 3.05) is 19.5 Å². The fourth-order valence-corrected chi connectivity index (χ4v) is 1.95. The third-order valence-corrected chi connectivity index (χ3v) is 3.22. The summed E-state index contributed by atoms with van der Waals surface area (Å²) < 4.78 is 10.3. The van der Waals surface area contributed by atoms with Gasteiger partial charge in [-0.3, -0.25) is 4.79 Å². The van der Waals surface area contributed by atoms with Crippen molar-refractivity contribution in [1.82, 2.24) is 0 Å². The normalized spacial score (nSPS) is 10.5. The van der Waals surface area contributed by atoms with Crippen LogP contribution in [0.15, 0.2) is 48.5 Å². The van der Waals surface area contributed by atoms with Crippen molar-refractivity contribution in [2.24, 2.45) is 0 Å². The zero-order valence-corrected chi connectivity index (χ0v) is 13.1. The zero-order valence-electron chi connectivity index (χ0n) is 12.3. The molecule has 114 valence electrons. The van der Waals surface area contributed by atoms with Crippen molar-refractivity contribution >= 4 is 29.3 Å². The predicted molar refractivity (Wildman–Crippen MR) is 88.7 cm³/mol. The number of anilines is 1. The highest BCUT2D eigenvalue weighted by Crippen LogP contribution is 2.28. The molecule has 2 rings (SSSR count). The van der Waals surface area contributed by atoms with Gasteiger partial charge in [-0.1, -0.05) is 23.7 Å². The number of benzene rings is 2. The summed E-state index contributed by atoms with van der Waals surface area (Å²) >= 11 is 5.81. The molecule has 1 N–H and O–H groups in total. The van der Waals surface area contributed by atoms with Gasteiger partial charge in [-0.2, -0.15) is 0 Å². The Morgan fingerprint density at radius 3 is 2.45 bits per heavy atom. The van der Waals surface area contributed by atoms with E-state index in [9.17, 15) is 4.79 Å². The Kier molecular flexibility index (Phi) is 5.44. The molecule has 0 unspecified atom stereocenters. The number of ether oxygens (including phenoxy) is 2. The van der Waals surface area contributed by atoms with E-state index < -0.39 is 0 Å². The first-order valence-electron chi connectivity index (χ1n) is 6.59. The number of methoxy groups -OCH3 is 2. The van der Waals surface area contributed by atoms with E-state index in [1.54, 1.807) is 43.5 Å². The Bertz CT molecular complexity index is 681. The minimum Gasteiger partial charge on any atom is -0.497 e. The van der Waals surface area contributed by atoms with E-state index >= 15 is 0 Å². The maximum atomic E-state index is 12.0. The Morgan fingerprint density at radius 2 is 1.82 bits per heavy atom. The number of hydrogen-bond donors (Lipinski definition) is 1. The molecule has 2 aromatic rings. The molecule has 5 heteroatoms. The van der Waals surface area contributed by atoms with Gasteiger partial charge >= 0.3 is 0 Å². The first-order valence-corrected chi connectivity index (χ1v) is 6.97. The second kappa shape index (κ2) is 7.52. The van der Waals surface area contributed by atoms with Gasteiger partial charge in [0.05, 0.1) is 19.9 Å². The molecule has 0 saturated heterocycles. The molecule has 0 saturated carbocycles. The van der Waals surface area contributed by atoms with Crippen molar-refractivity contribution in [2.45, 2.75) is 0 Å². The fraction of sp³-hybridized carbons (Fsp3) is 0.118. The van der Waals surface area contributed by atoms with Crippen molar-refractivity contribution in [3.8, 4) is 11.5 Å². The van der Waals surface area contributed by atoms with Gasteiger partial charge in [0.25, 0.3) is 0 Å². The number of amides is 1. The molecule has 0 spiro atoms. The van der Waals surface area contributed by atoms with Crippen molar-refractivity contribution in [3.05, 3.63) is 59.1 Å². The molecule has 0 aliphatic carbocycles. The largest absolute Gasteiger partial charge is 0.497 e. The smallest absolute Gasteiger partial charge is 0.248 e. The lowest BCUT2D eigenvalue weighted by Crippen LogP contribution is -2.08. The van der Waals surface area contributed by atoms with Crippen molar-refractivity contribution in [1.29, 1.82) is 0 Å². The van der Waals surface area contributed by atoms with E-state index in [4.69, 9.17) is 21.1 Å². The maximum Gasteiger partial charge on any atom is 0.248 e. The first-order chi connectivity index (χ1) is 10.6. The SMILES string of the molecule is COc1ccc(NC(=O)C=Cc2ccc(Cl)cc2)c(OC)c1. The van der Waals surface area contributed by atoms with Crippen LogP contribution in [0.3, 0.4) is 0 Å². The van der Waals surface area contributed by atoms with Gasteiger partial charge in [0.1, 0.15) is 11.5 Å². The van der Waals surface area contributed by atoms with Gasteiger partial charge in [-0.25, -0.2) is 0 Å². The number of carbonyl (C=O) groups is 1. The van der Waals surface area contributed by atoms with Crippen LogP contribution in [0.2, 0.25) is 5.02 Å². The van der Waals surface area contributed by atoms with E-state index in [1.165, 1.54) is 13.2 Å².